The largest absolute Gasteiger partial charge is 0.394 e. The molecule has 0 rings (SSSR count). The van der Waals surface area contributed by atoms with Crippen molar-refractivity contribution in [2.24, 2.45) is 0 Å². The Morgan fingerprint density at radius 3 is 1.00 bits per heavy atom. The van der Waals surface area contributed by atoms with Gasteiger partial charge in [-0.15, -0.1) is 17.0 Å². The van der Waals surface area contributed by atoms with Gasteiger partial charge in [0.05, 0.1) is 0 Å². The molecule has 0 aromatic carbocycles. The molecule has 56 valence electrons. The standard InChI is InChI=1S/BrH.2Fe.H2O4S/c;;;1-5(2,3)4/h1H;;;(H2,1,2,3,4). The van der Waals surface area contributed by atoms with Gasteiger partial charge in [-0.2, -0.15) is 8.42 Å². The first-order chi connectivity index (χ1) is 2.00. The molecule has 2 N–H and O–H groups in total. The summed E-state index contributed by atoms with van der Waals surface area (Å²) in [5.74, 6) is 0. The van der Waals surface area contributed by atoms with Crippen molar-refractivity contribution >= 4 is 27.4 Å². The third-order valence-electron chi connectivity index (χ3n) is 0. The van der Waals surface area contributed by atoms with Crippen molar-refractivity contribution in [3.63, 3.8) is 0 Å². The van der Waals surface area contributed by atoms with Crippen molar-refractivity contribution in [1.29, 1.82) is 0 Å². The summed E-state index contributed by atoms with van der Waals surface area (Å²) in [6.07, 6.45) is 0. The second-order valence-electron chi connectivity index (χ2n) is 0.448. The van der Waals surface area contributed by atoms with Gasteiger partial charge in [-0.25, -0.2) is 0 Å². The predicted molar refractivity (Wildman–Crippen MR) is 24.5 cm³/mol. The zero-order chi connectivity index (χ0) is 4.50. The van der Waals surface area contributed by atoms with E-state index in [1.54, 1.807) is 0 Å². The van der Waals surface area contributed by atoms with Gasteiger partial charge in [-0.1, -0.05) is 0 Å². The molecule has 0 fully saturated rings. The predicted octanol–water partition coefficient (Wildman–Crippen LogP) is -0.0799. The molecule has 0 heterocycles. The van der Waals surface area contributed by atoms with Crippen LogP contribution in [0.3, 0.4) is 0 Å². The summed E-state index contributed by atoms with van der Waals surface area (Å²) in [6.45, 7) is 0. The van der Waals surface area contributed by atoms with Crippen molar-refractivity contribution in [1.82, 2.24) is 0 Å². The Morgan fingerprint density at radius 1 is 1.00 bits per heavy atom. The Labute approximate surface area is 78.7 Å². The van der Waals surface area contributed by atoms with Crippen LogP contribution in [0, 0.1) is 0 Å². The van der Waals surface area contributed by atoms with Gasteiger partial charge in [0.15, 0.2) is 0 Å². The van der Waals surface area contributed by atoms with Crippen LogP contribution in [-0.2, 0) is 44.5 Å². The fourth-order valence-corrected chi connectivity index (χ4v) is 0. The number of rotatable bonds is 0. The molecule has 0 aliphatic carbocycles. The quantitative estimate of drug-likeness (QED) is 0.483. The van der Waals surface area contributed by atoms with E-state index in [0.29, 0.717) is 0 Å². The Balaban J connectivity index is -0.0000000267. The van der Waals surface area contributed by atoms with Gasteiger partial charge in [0.2, 0.25) is 0 Å². The molecular formula is H3BrFe2O4S. The van der Waals surface area contributed by atoms with Gasteiger partial charge in [0, 0.05) is 34.1 Å². The fourth-order valence-electron chi connectivity index (χ4n) is 0. The molecule has 0 bridgehead atoms. The van der Waals surface area contributed by atoms with Crippen LogP contribution in [0.5, 0.6) is 0 Å². The van der Waals surface area contributed by atoms with Crippen molar-refractivity contribution in [2.75, 3.05) is 0 Å². The first-order valence-corrected chi connectivity index (χ1v) is 2.10. The molecule has 0 aliphatic rings. The first-order valence-electron chi connectivity index (χ1n) is 0.698. The van der Waals surface area contributed by atoms with E-state index in [4.69, 9.17) is 17.5 Å². The van der Waals surface area contributed by atoms with Crippen LogP contribution in [0.25, 0.3) is 0 Å². The van der Waals surface area contributed by atoms with Gasteiger partial charge in [-0.05, 0) is 0 Å². The fraction of sp³-hybridized carbons (Fsp3) is 0. The molecule has 0 aromatic rings. The van der Waals surface area contributed by atoms with Gasteiger partial charge in [-0.3, -0.25) is 9.11 Å². The molecule has 0 unspecified atom stereocenters. The summed E-state index contributed by atoms with van der Waals surface area (Å²) >= 11 is 0. The van der Waals surface area contributed by atoms with Crippen LogP contribution in [0.4, 0.5) is 0 Å². The first kappa shape index (κ1) is 22.8. The van der Waals surface area contributed by atoms with Crippen molar-refractivity contribution in [2.45, 2.75) is 0 Å². The van der Waals surface area contributed by atoms with E-state index in [2.05, 4.69) is 0 Å². The maximum atomic E-state index is 8.74. The Kier molecular flexibility index (Phi) is 23.9. The second-order valence-corrected chi connectivity index (χ2v) is 1.34. The van der Waals surface area contributed by atoms with E-state index < -0.39 is 10.4 Å². The summed E-state index contributed by atoms with van der Waals surface area (Å²) in [4.78, 5) is 0. The van der Waals surface area contributed by atoms with E-state index in [-0.39, 0.29) is 51.1 Å². The van der Waals surface area contributed by atoms with E-state index in [9.17, 15) is 0 Å². The molecule has 0 saturated heterocycles. The maximum absolute atomic E-state index is 8.74. The topological polar surface area (TPSA) is 74.6 Å². The maximum Gasteiger partial charge on any atom is 0.394 e. The average molecular weight is 291 g/mol. The van der Waals surface area contributed by atoms with Gasteiger partial charge < -0.3 is 0 Å². The summed E-state index contributed by atoms with van der Waals surface area (Å²) in [5.41, 5.74) is 0. The second kappa shape index (κ2) is 8.39. The van der Waals surface area contributed by atoms with Crippen LogP contribution in [0.1, 0.15) is 0 Å². The minimum Gasteiger partial charge on any atom is -0.264 e. The molecule has 8 heteroatoms. The van der Waals surface area contributed by atoms with Crippen LogP contribution in [0.2, 0.25) is 0 Å². The molecule has 0 spiro atoms. The van der Waals surface area contributed by atoms with E-state index >= 15 is 0 Å². The van der Waals surface area contributed by atoms with Crippen LogP contribution in [-0.4, -0.2) is 17.5 Å². The third-order valence-corrected chi connectivity index (χ3v) is 0. The smallest absolute Gasteiger partial charge is 0.264 e. The molecule has 0 saturated carbocycles. The average Bonchev–Trinajstić information content (AvgIpc) is 0.722. The summed E-state index contributed by atoms with van der Waals surface area (Å²) < 4.78 is 31.6. The minimum absolute atomic E-state index is 0. The van der Waals surface area contributed by atoms with E-state index in [1.165, 1.54) is 0 Å². The summed E-state index contributed by atoms with van der Waals surface area (Å²) in [6, 6.07) is 0. The van der Waals surface area contributed by atoms with Gasteiger partial charge >= 0.3 is 10.4 Å². The summed E-state index contributed by atoms with van der Waals surface area (Å²) in [5, 5.41) is 0. The summed E-state index contributed by atoms with van der Waals surface area (Å²) in [7, 11) is -4.67. The van der Waals surface area contributed by atoms with Crippen molar-refractivity contribution < 1.29 is 51.7 Å². The van der Waals surface area contributed by atoms with Crippen LogP contribution >= 0.6 is 17.0 Å². The Hall–Kier alpha value is 1.39. The third kappa shape index (κ3) is 156. The molecule has 0 amide bonds. The van der Waals surface area contributed by atoms with Crippen LogP contribution < -0.4 is 0 Å². The molecule has 8 heavy (non-hydrogen) atoms. The number of hydrogen-bond acceptors (Lipinski definition) is 2. The molecule has 0 aliphatic heterocycles. The monoisotopic (exact) mass is 290 g/mol. The SMILES string of the molecule is Br.O=S(=O)(O)O.[Fe].[Fe]. The van der Waals surface area contributed by atoms with Gasteiger partial charge in [0.1, 0.15) is 0 Å². The van der Waals surface area contributed by atoms with Crippen molar-refractivity contribution in [3.8, 4) is 0 Å². The zero-order valence-electron chi connectivity index (χ0n) is 3.23. The molecular weight excluding hydrogens is 288 g/mol. The molecule has 0 aromatic heterocycles. The zero-order valence-corrected chi connectivity index (χ0v) is 7.97. The normalized spacial score (nSPS) is 7.25. The van der Waals surface area contributed by atoms with Crippen molar-refractivity contribution in [3.05, 3.63) is 0 Å². The Bertz CT molecular complexity index is 97.2. The van der Waals surface area contributed by atoms with Gasteiger partial charge in [0.25, 0.3) is 0 Å². The number of halogens is 1. The molecule has 0 radical (unpaired) electrons. The minimum atomic E-state index is -4.67. The van der Waals surface area contributed by atoms with Crippen LogP contribution in [0.15, 0.2) is 0 Å². The molecule has 4 nitrogen and oxygen atoms in total. The van der Waals surface area contributed by atoms with E-state index in [0.717, 1.165) is 0 Å². The molecule has 0 atom stereocenters. The Morgan fingerprint density at radius 2 is 1.00 bits per heavy atom. The number of hydrogen-bond donors (Lipinski definition) is 2. The van der Waals surface area contributed by atoms with E-state index in [1.807, 2.05) is 0 Å².